The number of cyclic esters (lactones) is 2. The molecule has 1 fully saturated rings. The third kappa shape index (κ3) is 17.7. The second-order valence-corrected chi connectivity index (χ2v) is 10.9. The van der Waals surface area contributed by atoms with Gasteiger partial charge in [0.1, 0.15) is 0 Å². The zero-order valence-corrected chi connectivity index (χ0v) is 25.5. The zero-order chi connectivity index (χ0) is 30.3. The van der Waals surface area contributed by atoms with Crippen LogP contribution in [-0.4, -0.2) is 48.5 Å². The van der Waals surface area contributed by atoms with Crippen LogP contribution in [0, 0.1) is 0 Å². The Kier molecular flexibility index (Phi) is 19.5. The largest absolute Gasteiger partial charge is 0.457 e. The molecule has 0 saturated carbocycles. The summed E-state index contributed by atoms with van der Waals surface area (Å²) in [4.78, 5) is 60.3. The van der Waals surface area contributed by atoms with Crippen LogP contribution in [0.25, 0.3) is 0 Å². The average Bonchev–Trinajstić information content (AvgIpc) is 2.95. The molecule has 1 aliphatic heterocycles. The summed E-state index contributed by atoms with van der Waals surface area (Å²) in [5, 5.41) is 0. The molecule has 0 aromatic rings. The van der Waals surface area contributed by atoms with E-state index in [9.17, 15) is 24.0 Å². The summed E-state index contributed by atoms with van der Waals surface area (Å²) in [6.45, 7) is 3.54. The summed E-state index contributed by atoms with van der Waals surface area (Å²) in [5.41, 5.74) is 0. The maximum Gasteiger partial charge on any atom is 0.366 e. The Morgan fingerprint density at radius 2 is 1.15 bits per heavy atom. The third-order valence-corrected chi connectivity index (χ3v) is 6.93. The number of hydrogen-bond acceptors (Lipinski definition) is 10. The number of rotatable bonds is 21. The first kappa shape index (κ1) is 36.4. The Hall–Kier alpha value is -2.65. The molecule has 2 unspecified atom stereocenters. The summed E-state index contributed by atoms with van der Waals surface area (Å²) in [7, 11) is 0. The van der Waals surface area contributed by atoms with Crippen molar-refractivity contribution in [2.45, 2.75) is 161 Å². The molecule has 0 N–H and O–H groups in total. The fourth-order valence-electron chi connectivity index (χ4n) is 4.72. The summed E-state index contributed by atoms with van der Waals surface area (Å²) >= 11 is 0. The number of carbonyl (C=O) groups is 5. The fraction of sp³-hybridized carbons (Fsp3) is 0.839. The van der Waals surface area contributed by atoms with E-state index >= 15 is 0 Å². The standard InChI is InChI=1S/C31H52O10/c1-4-5-6-7-8-9-10-11-12-13-14-15-16-17-18-19-20-21-29(36)41-31(40-26(3)33)24-37-27(34)22-23-28(35)39-30(31)38-25(2)32/h30H,4-24H2,1-3H3. The van der Waals surface area contributed by atoms with Crippen molar-refractivity contribution in [3.8, 4) is 0 Å². The van der Waals surface area contributed by atoms with Gasteiger partial charge in [-0.2, -0.15) is 0 Å². The first-order chi connectivity index (χ1) is 19.7. The van der Waals surface area contributed by atoms with E-state index < -0.39 is 48.5 Å². The maximum atomic E-state index is 12.7. The molecule has 41 heavy (non-hydrogen) atoms. The van der Waals surface area contributed by atoms with Crippen molar-refractivity contribution in [1.29, 1.82) is 0 Å². The Balaban J connectivity index is 2.35. The molecule has 0 aliphatic carbocycles. The molecule has 0 aromatic carbocycles. The number of hydrogen-bond donors (Lipinski definition) is 0. The van der Waals surface area contributed by atoms with Gasteiger partial charge in [-0.05, 0) is 6.42 Å². The van der Waals surface area contributed by atoms with Crippen LogP contribution < -0.4 is 0 Å². The second kappa shape index (κ2) is 22.0. The van der Waals surface area contributed by atoms with E-state index in [-0.39, 0.29) is 19.3 Å². The highest BCUT2D eigenvalue weighted by Gasteiger charge is 2.53. The van der Waals surface area contributed by atoms with Crippen LogP contribution in [0.2, 0.25) is 0 Å². The van der Waals surface area contributed by atoms with Gasteiger partial charge in [-0.25, -0.2) is 0 Å². The Bertz CT molecular complexity index is 796. The SMILES string of the molecule is CCCCCCCCCCCCCCCCCCCC(=O)OC1(OC(C)=O)COC(=O)CCC(=O)OC1OC(C)=O. The molecule has 10 heteroatoms. The van der Waals surface area contributed by atoms with Crippen molar-refractivity contribution < 1.29 is 47.7 Å². The van der Waals surface area contributed by atoms with Gasteiger partial charge in [-0.1, -0.05) is 110 Å². The predicted octanol–water partition coefficient (Wildman–Crippen LogP) is 6.60. The maximum absolute atomic E-state index is 12.7. The lowest BCUT2D eigenvalue weighted by molar-refractivity contribution is -0.320. The normalized spacial score (nSPS) is 19.2. The van der Waals surface area contributed by atoms with Crippen LogP contribution >= 0.6 is 0 Å². The van der Waals surface area contributed by atoms with Crippen molar-refractivity contribution in [2.75, 3.05) is 6.61 Å². The molecule has 0 radical (unpaired) electrons. The highest BCUT2D eigenvalue weighted by atomic mass is 16.8. The average molecular weight is 585 g/mol. The molecule has 10 nitrogen and oxygen atoms in total. The molecule has 2 atom stereocenters. The lowest BCUT2D eigenvalue weighted by Crippen LogP contribution is -2.56. The molecule has 1 rings (SSSR count). The van der Waals surface area contributed by atoms with Gasteiger partial charge in [-0.15, -0.1) is 0 Å². The molecular formula is C31H52O10. The predicted molar refractivity (Wildman–Crippen MR) is 151 cm³/mol. The van der Waals surface area contributed by atoms with E-state index in [4.69, 9.17) is 23.7 Å². The van der Waals surface area contributed by atoms with Crippen LogP contribution in [0.15, 0.2) is 0 Å². The molecule has 0 amide bonds. The lowest BCUT2D eigenvalue weighted by atomic mass is 10.0. The van der Waals surface area contributed by atoms with Crippen LogP contribution in [0.3, 0.4) is 0 Å². The van der Waals surface area contributed by atoms with Gasteiger partial charge in [0, 0.05) is 20.3 Å². The van der Waals surface area contributed by atoms with Gasteiger partial charge < -0.3 is 23.7 Å². The van der Waals surface area contributed by atoms with E-state index in [1.807, 2.05) is 0 Å². The summed E-state index contributed by atoms with van der Waals surface area (Å²) in [6.07, 6.45) is 18.0. The van der Waals surface area contributed by atoms with Crippen molar-refractivity contribution >= 4 is 29.8 Å². The molecule has 0 aromatic heterocycles. The Labute approximate surface area is 245 Å². The fourth-order valence-corrected chi connectivity index (χ4v) is 4.72. The van der Waals surface area contributed by atoms with Crippen LogP contribution in [-0.2, 0) is 47.7 Å². The number of ether oxygens (including phenoxy) is 5. The van der Waals surface area contributed by atoms with Gasteiger partial charge in [0.25, 0.3) is 0 Å². The van der Waals surface area contributed by atoms with Gasteiger partial charge in [-0.3, -0.25) is 24.0 Å². The van der Waals surface area contributed by atoms with E-state index in [1.165, 1.54) is 77.0 Å². The highest BCUT2D eigenvalue weighted by molar-refractivity contribution is 5.78. The van der Waals surface area contributed by atoms with Crippen LogP contribution in [0.4, 0.5) is 0 Å². The minimum atomic E-state index is -2.45. The minimum Gasteiger partial charge on any atom is -0.457 e. The van der Waals surface area contributed by atoms with Gasteiger partial charge in [0.05, 0.1) is 12.8 Å². The van der Waals surface area contributed by atoms with Gasteiger partial charge >= 0.3 is 41.9 Å². The molecule has 1 aliphatic rings. The van der Waals surface area contributed by atoms with Crippen molar-refractivity contribution in [3.05, 3.63) is 0 Å². The Morgan fingerprint density at radius 3 is 1.61 bits per heavy atom. The molecule has 1 heterocycles. The first-order valence-electron chi connectivity index (χ1n) is 15.6. The third-order valence-electron chi connectivity index (χ3n) is 6.93. The highest BCUT2D eigenvalue weighted by Crippen LogP contribution is 2.27. The van der Waals surface area contributed by atoms with Crippen LogP contribution in [0.5, 0.6) is 0 Å². The molecule has 0 bridgehead atoms. The van der Waals surface area contributed by atoms with Gasteiger partial charge in [0.2, 0.25) is 0 Å². The minimum absolute atomic E-state index is 0.00367. The Morgan fingerprint density at radius 1 is 0.683 bits per heavy atom. The van der Waals surface area contributed by atoms with E-state index in [0.29, 0.717) is 6.42 Å². The zero-order valence-electron chi connectivity index (χ0n) is 25.5. The lowest BCUT2D eigenvalue weighted by Gasteiger charge is -2.35. The van der Waals surface area contributed by atoms with Crippen LogP contribution in [0.1, 0.15) is 149 Å². The number of esters is 5. The van der Waals surface area contributed by atoms with Gasteiger partial charge in [0.15, 0.2) is 6.61 Å². The summed E-state index contributed by atoms with van der Waals surface area (Å²) in [5.74, 6) is -6.70. The van der Waals surface area contributed by atoms with Crippen molar-refractivity contribution in [2.24, 2.45) is 0 Å². The topological polar surface area (TPSA) is 132 Å². The molecule has 236 valence electrons. The van der Waals surface area contributed by atoms with E-state index in [1.54, 1.807) is 0 Å². The quantitative estimate of drug-likeness (QED) is 0.0629. The van der Waals surface area contributed by atoms with Crippen molar-refractivity contribution in [3.63, 3.8) is 0 Å². The summed E-state index contributed by atoms with van der Waals surface area (Å²) in [6, 6.07) is 0. The number of carbonyl (C=O) groups excluding carboxylic acids is 5. The first-order valence-corrected chi connectivity index (χ1v) is 15.6. The number of unbranched alkanes of at least 4 members (excludes halogenated alkanes) is 16. The monoisotopic (exact) mass is 584 g/mol. The molecule has 1 saturated heterocycles. The summed E-state index contributed by atoms with van der Waals surface area (Å²) < 4.78 is 25.8. The molecule has 0 spiro atoms. The van der Waals surface area contributed by atoms with E-state index in [0.717, 1.165) is 39.5 Å². The van der Waals surface area contributed by atoms with Crippen molar-refractivity contribution in [1.82, 2.24) is 0 Å². The molecular weight excluding hydrogens is 532 g/mol. The second-order valence-electron chi connectivity index (χ2n) is 10.9. The van der Waals surface area contributed by atoms with E-state index in [2.05, 4.69) is 6.92 Å². The smallest absolute Gasteiger partial charge is 0.366 e.